The highest BCUT2D eigenvalue weighted by Gasteiger charge is 2.20. The van der Waals surface area contributed by atoms with Gasteiger partial charge in [-0.25, -0.2) is 14.3 Å². The van der Waals surface area contributed by atoms with Crippen LogP contribution in [0.5, 0.6) is 0 Å². The van der Waals surface area contributed by atoms with Gasteiger partial charge in [-0.1, -0.05) is 0 Å². The molecular weight excluding hydrogens is 310 g/mol. The lowest BCUT2D eigenvalue weighted by Crippen LogP contribution is -2.13. The van der Waals surface area contributed by atoms with Gasteiger partial charge in [-0.3, -0.25) is 0 Å². The number of aryl methyl sites for hydroxylation is 2. The first-order chi connectivity index (χ1) is 11.6. The van der Waals surface area contributed by atoms with E-state index >= 15 is 0 Å². The summed E-state index contributed by atoms with van der Waals surface area (Å²) in [6.07, 6.45) is 0. The van der Waals surface area contributed by atoms with Gasteiger partial charge in [-0.15, -0.1) is 0 Å². The molecule has 3 aromatic rings. The van der Waals surface area contributed by atoms with Gasteiger partial charge in [-0.05, 0) is 90.1 Å². The molecule has 5 heteroatoms. The molecule has 0 saturated heterocycles. The molecule has 3 rings (SSSR count). The number of aromatic nitrogens is 5. The predicted octanol–water partition coefficient (Wildman–Crippen LogP) is 4.23. The Morgan fingerprint density at radius 3 is 1.12 bits per heavy atom. The summed E-state index contributed by atoms with van der Waals surface area (Å²) < 4.78 is 3.93. The fourth-order valence-electron chi connectivity index (χ4n) is 3.15. The summed E-state index contributed by atoms with van der Waals surface area (Å²) in [6, 6.07) is 0. The zero-order chi connectivity index (χ0) is 18.6. The molecule has 0 fully saturated rings. The number of rotatable bonds is 2. The van der Waals surface area contributed by atoms with E-state index in [1.54, 1.807) is 0 Å². The second-order valence-electron chi connectivity index (χ2n) is 7.05. The molecule has 0 atom stereocenters. The second-order valence-corrected chi connectivity index (χ2v) is 7.05. The third kappa shape index (κ3) is 2.49. The van der Waals surface area contributed by atoms with Crippen molar-refractivity contribution < 1.29 is 0 Å². The molecule has 0 amide bonds. The smallest absolute Gasteiger partial charge is 0.159 e. The lowest BCUT2D eigenvalue weighted by Gasteiger charge is -2.17. The van der Waals surface area contributed by atoms with Gasteiger partial charge in [0.2, 0.25) is 0 Å². The number of hydrogen-bond donors (Lipinski definition) is 0. The van der Waals surface area contributed by atoms with Gasteiger partial charge < -0.3 is 0 Å². The minimum atomic E-state index is 0.886. The van der Waals surface area contributed by atoms with Crippen molar-refractivity contribution in [2.45, 2.75) is 62.3 Å². The van der Waals surface area contributed by atoms with E-state index in [4.69, 9.17) is 15.2 Å². The van der Waals surface area contributed by atoms with E-state index in [1.165, 1.54) is 16.7 Å². The first kappa shape index (κ1) is 17.4. The average molecular weight is 337 g/mol. The van der Waals surface area contributed by atoms with Crippen LogP contribution < -0.4 is 0 Å². The van der Waals surface area contributed by atoms with Gasteiger partial charge in [0.25, 0.3) is 0 Å². The predicted molar refractivity (Wildman–Crippen MR) is 101 cm³/mol. The number of pyridine rings is 1. The SMILES string of the molecule is Cc1nn(-c2nc(-n3nc(C)c(C)c3C)c(C)c(C)c2C)c(C)c1C. The lowest BCUT2D eigenvalue weighted by atomic mass is 10.1. The van der Waals surface area contributed by atoms with Gasteiger partial charge >= 0.3 is 0 Å². The van der Waals surface area contributed by atoms with Crippen molar-refractivity contribution in [3.8, 4) is 11.6 Å². The highest BCUT2D eigenvalue weighted by molar-refractivity contribution is 5.52. The van der Waals surface area contributed by atoms with Crippen molar-refractivity contribution in [1.82, 2.24) is 24.5 Å². The van der Waals surface area contributed by atoms with E-state index in [-0.39, 0.29) is 0 Å². The summed E-state index contributed by atoms with van der Waals surface area (Å²) in [5, 5.41) is 9.43. The normalized spacial score (nSPS) is 11.4. The summed E-state index contributed by atoms with van der Waals surface area (Å²) in [7, 11) is 0. The van der Waals surface area contributed by atoms with Gasteiger partial charge in [0.05, 0.1) is 11.4 Å². The summed E-state index contributed by atoms with van der Waals surface area (Å²) in [5.41, 5.74) is 10.3. The van der Waals surface area contributed by atoms with Crippen LogP contribution in [-0.2, 0) is 0 Å². The first-order valence-corrected chi connectivity index (χ1v) is 8.69. The molecule has 0 spiro atoms. The molecule has 0 aromatic carbocycles. The van der Waals surface area contributed by atoms with Crippen LogP contribution in [0.1, 0.15) is 50.6 Å². The molecular formula is C20H27N5. The Morgan fingerprint density at radius 1 is 0.480 bits per heavy atom. The maximum atomic E-state index is 5.00. The van der Waals surface area contributed by atoms with Gasteiger partial charge in [0.15, 0.2) is 11.6 Å². The van der Waals surface area contributed by atoms with Crippen molar-refractivity contribution in [2.24, 2.45) is 0 Å². The van der Waals surface area contributed by atoms with Crippen molar-refractivity contribution in [1.29, 1.82) is 0 Å². The molecule has 5 nitrogen and oxygen atoms in total. The fourth-order valence-corrected chi connectivity index (χ4v) is 3.15. The highest BCUT2D eigenvalue weighted by Crippen LogP contribution is 2.27. The topological polar surface area (TPSA) is 48.5 Å². The lowest BCUT2D eigenvalue weighted by molar-refractivity contribution is 0.753. The second kappa shape index (κ2) is 5.83. The summed E-state index contributed by atoms with van der Waals surface area (Å²) in [4.78, 5) is 5.00. The molecule has 0 aliphatic rings. The van der Waals surface area contributed by atoms with Crippen molar-refractivity contribution >= 4 is 0 Å². The molecule has 132 valence electrons. The maximum Gasteiger partial charge on any atom is 0.159 e. The largest absolute Gasteiger partial charge is 0.219 e. The quantitative estimate of drug-likeness (QED) is 0.703. The Morgan fingerprint density at radius 2 is 0.840 bits per heavy atom. The summed E-state index contributed by atoms with van der Waals surface area (Å²) in [6.45, 7) is 18.9. The third-order valence-electron chi connectivity index (χ3n) is 5.72. The zero-order valence-electron chi connectivity index (χ0n) is 16.7. The molecule has 0 bridgehead atoms. The van der Waals surface area contributed by atoms with E-state index in [2.05, 4.69) is 48.5 Å². The van der Waals surface area contributed by atoms with Crippen molar-refractivity contribution in [3.63, 3.8) is 0 Å². The van der Waals surface area contributed by atoms with Crippen LogP contribution in [0.2, 0.25) is 0 Å². The molecule has 3 heterocycles. The minimum Gasteiger partial charge on any atom is -0.219 e. The van der Waals surface area contributed by atoms with E-state index in [9.17, 15) is 0 Å². The molecule has 0 aliphatic carbocycles. The molecule has 25 heavy (non-hydrogen) atoms. The molecule has 0 saturated carbocycles. The van der Waals surface area contributed by atoms with E-state index in [0.29, 0.717) is 0 Å². The minimum absolute atomic E-state index is 0.886. The first-order valence-electron chi connectivity index (χ1n) is 8.69. The van der Waals surface area contributed by atoms with E-state index in [0.717, 1.165) is 45.5 Å². The molecule has 0 unspecified atom stereocenters. The molecule has 0 aliphatic heterocycles. The fraction of sp³-hybridized carbons (Fsp3) is 0.450. The van der Waals surface area contributed by atoms with Crippen LogP contribution in [-0.4, -0.2) is 24.5 Å². The Balaban J connectivity index is 2.34. The summed E-state index contributed by atoms with van der Waals surface area (Å²) in [5.74, 6) is 1.77. The molecule has 0 N–H and O–H groups in total. The Labute approximate surface area is 149 Å². The Bertz CT molecular complexity index is 912. The summed E-state index contributed by atoms with van der Waals surface area (Å²) >= 11 is 0. The maximum absolute atomic E-state index is 5.00. The van der Waals surface area contributed by atoms with Crippen molar-refractivity contribution in [2.75, 3.05) is 0 Å². The van der Waals surface area contributed by atoms with Crippen LogP contribution in [0.3, 0.4) is 0 Å². The monoisotopic (exact) mass is 337 g/mol. The van der Waals surface area contributed by atoms with Crippen LogP contribution in [0.25, 0.3) is 11.6 Å². The molecule has 0 radical (unpaired) electrons. The standard InChI is InChI=1S/C20H27N5/c1-10-11(2)19(24-17(8)13(4)15(6)22-24)21-20(12(10)3)25-18(9)14(5)16(7)23-25/h1-9H3. The van der Waals surface area contributed by atoms with Crippen LogP contribution in [0, 0.1) is 62.3 Å². The van der Waals surface area contributed by atoms with Crippen LogP contribution in [0.15, 0.2) is 0 Å². The van der Waals surface area contributed by atoms with Crippen LogP contribution >= 0.6 is 0 Å². The van der Waals surface area contributed by atoms with Crippen LogP contribution in [0.4, 0.5) is 0 Å². The van der Waals surface area contributed by atoms with Gasteiger partial charge in [-0.2, -0.15) is 10.2 Å². The average Bonchev–Trinajstić information content (AvgIpc) is 2.98. The zero-order valence-corrected chi connectivity index (χ0v) is 16.7. The highest BCUT2D eigenvalue weighted by atomic mass is 15.4. The van der Waals surface area contributed by atoms with Crippen molar-refractivity contribution in [3.05, 3.63) is 50.6 Å². The number of hydrogen-bond acceptors (Lipinski definition) is 3. The Hall–Kier alpha value is -2.43. The van der Waals surface area contributed by atoms with Gasteiger partial charge in [0, 0.05) is 11.4 Å². The van der Waals surface area contributed by atoms with E-state index in [1.807, 2.05) is 23.2 Å². The Kier molecular flexibility index (Phi) is 4.06. The molecule has 3 aromatic heterocycles. The van der Waals surface area contributed by atoms with E-state index < -0.39 is 0 Å². The number of nitrogens with zero attached hydrogens (tertiary/aromatic N) is 5. The van der Waals surface area contributed by atoms with Gasteiger partial charge in [0.1, 0.15) is 0 Å². The third-order valence-corrected chi connectivity index (χ3v) is 5.72.